The van der Waals surface area contributed by atoms with Crippen LogP contribution in [0.25, 0.3) is 16.9 Å². The van der Waals surface area contributed by atoms with Crippen LogP contribution in [0.5, 0.6) is 11.5 Å². The summed E-state index contributed by atoms with van der Waals surface area (Å²) >= 11 is 0. The van der Waals surface area contributed by atoms with Crippen LogP contribution in [0.15, 0.2) is 48.8 Å². The molecule has 0 amide bonds. The van der Waals surface area contributed by atoms with Crippen molar-refractivity contribution in [3.8, 4) is 22.9 Å². The molecule has 0 aliphatic rings. The van der Waals surface area contributed by atoms with E-state index in [9.17, 15) is 0 Å². The molecule has 3 rings (SSSR count). The van der Waals surface area contributed by atoms with Gasteiger partial charge in [0.2, 0.25) is 0 Å². The summed E-state index contributed by atoms with van der Waals surface area (Å²) in [6.07, 6.45) is 4.00. The van der Waals surface area contributed by atoms with Crippen LogP contribution in [0.4, 0.5) is 0 Å². The third kappa shape index (κ3) is 1.91. The van der Waals surface area contributed by atoms with Gasteiger partial charge in [0.25, 0.3) is 5.82 Å². The van der Waals surface area contributed by atoms with Gasteiger partial charge in [-0.15, -0.1) is 0 Å². The summed E-state index contributed by atoms with van der Waals surface area (Å²) < 4.78 is 12.7. The molecular formula is C15H15N2O2+. The van der Waals surface area contributed by atoms with Crippen molar-refractivity contribution < 1.29 is 13.9 Å². The second-order valence-electron chi connectivity index (χ2n) is 4.20. The number of ether oxygens (including phenoxy) is 2. The Kier molecular flexibility index (Phi) is 2.83. The number of nitrogens with one attached hydrogen (secondary N) is 1. The molecule has 0 saturated carbocycles. The fourth-order valence-corrected chi connectivity index (χ4v) is 2.20. The maximum atomic E-state index is 5.34. The zero-order valence-corrected chi connectivity index (χ0v) is 10.9. The predicted octanol–water partition coefficient (Wildman–Crippen LogP) is 2.44. The number of aromatic nitrogens is 2. The summed E-state index contributed by atoms with van der Waals surface area (Å²) in [4.78, 5) is 3.29. The third-order valence-corrected chi connectivity index (χ3v) is 3.15. The smallest absolute Gasteiger partial charge is 0.291 e. The van der Waals surface area contributed by atoms with Crippen molar-refractivity contribution >= 4 is 5.52 Å². The normalized spacial score (nSPS) is 10.6. The van der Waals surface area contributed by atoms with Crippen molar-refractivity contribution in [2.45, 2.75) is 0 Å². The van der Waals surface area contributed by atoms with Gasteiger partial charge >= 0.3 is 0 Å². The maximum Gasteiger partial charge on any atom is 0.291 e. The summed E-state index contributed by atoms with van der Waals surface area (Å²) in [5.74, 6) is 2.46. The molecule has 0 aliphatic carbocycles. The Morgan fingerprint density at radius 3 is 2.63 bits per heavy atom. The number of fused-ring (bicyclic) bond motifs is 1. The fraction of sp³-hybridized carbons (Fsp3) is 0.133. The summed E-state index contributed by atoms with van der Waals surface area (Å²) in [7, 11) is 3.28. The van der Waals surface area contributed by atoms with Gasteiger partial charge in [-0.05, 0) is 30.3 Å². The molecule has 2 heterocycles. The van der Waals surface area contributed by atoms with Crippen molar-refractivity contribution in [2.24, 2.45) is 0 Å². The van der Waals surface area contributed by atoms with E-state index in [0.29, 0.717) is 0 Å². The quantitative estimate of drug-likeness (QED) is 0.730. The lowest BCUT2D eigenvalue weighted by Gasteiger charge is -2.07. The number of hydrogen-bond acceptors (Lipinski definition) is 2. The van der Waals surface area contributed by atoms with Gasteiger partial charge in [0.1, 0.15) is 6.20 Å². The zero-order chi connectivity index (χ0) is 13.2. The first-order valence-corrected chi connectivity index (χ1v) is 6.03. The summed E-state index contributed by atoms with van der Waals surface area (Å²) in [5.41, 5.74) is 2.16. The van der Waals surface area contributed by atoms with Gasteiger partial charge in [0.05, 0.1) is 26.0 Å². The van der Waals surface area contributed by atoms with Crippen molar-refractivity contribution in [3.63, 3.8) is 0 Å². The second kappa shape index (κ2) is 4.65. The lowest BCUT2D eigenvalue weighted by atomic mass is 10.2. The minimum absolute atomic E-state index is 0.722. The molecule has 0 atom stereocenters. The van der Waals surface area contributed by atoms with Crippen molar-refractivity contribution in [1.82, 2.24) is 4.98 Å². The van der Waals surface area contributed by atoms with E-state index in [1.54, 1.807) is 14.2 Å². The molecule has 0 unspecified atom stereocenters. The van der Waals surface area contributed by atoms with Crippen molar-refractivity contribution in [3.05, 3.63) is 48.8 Å². The SMILES string of the molecule is COc1ccc(-c2[nH]cc3cccc[n+]23)cc1OC. The number of nitrogens with zero attached hydrogens (tertiary/aromatic N) is 1. The highest BCUT2D eigenvalue weighted by atomic mass is 16.5. The van der Waals surface area contributed by atoms with E-state index in [4.69, 9.17) is 9.47 Å². The molecular weight excluding hydrogens is 240 g/mol. The Labute approximate surface area is 111 Å². The van der Waals surface area contributed by atoms with Crippen LogP contribution in [-0.4, -0.2) is 19.2 Å². The maximum absolute atomic E-state index is 5.34. The molecule has 19 heavy (non-hydrogen) atoms. The first-order chi connectivity index (χ1) is 9.33. The van der Waals surface area contributed by atoms with Crippen molar-refractivity contribution in [2.75, 3.05) is 14.2 Å². The van der Waals surface area contributed by atoms with Gasteiger partial charge in [-0.2, -0.15) is 4.40 Å². The lowest BCUT2D eigenvalue weighted by molar-refractivity contribution is -0.498. The van der Waals surface area contributed by atoms with Crippen molar-refractivity contribution in [1.29, 1.82) is 0 Å². The van der Waals surface area contributed by atoms with Crippen LogP contribution in [-0.2, 0) is 0 Å². The number of imidazole rings is 1. The van der Waals surface area contributed by atoms with E-state index in [1.807, 2.05) is 42.7 Å². The van der Waals surface area contributed by atoms with E-state index in [0.717, 1.165) is 28.4 Å². The minimum Gasteiger partial charge on any atom is -0.493 e. The van der Waals surface area contributed by atoms with Crippen LogP contribution in [0, 0.1) is 0 Å². The molecule has 0 spiro atoms. The molecule has 0 aliphatic heterocycles. The average molecular weight is 255 g/mol. The molecule has 0 saturated heterocycles. The first kappa shape index (κ1) is 11.6. The number of pyridine rings is 1. The Bertz CT molecular complexity index is 719. The lowest BCUT2D eigenvalue weighted by Crippen LogP contribution is -2.20. The molecule has 0 bridgehead atoms. The van der Waals surface area contributed by atoms with Crippen LogP contribution >= 0.6 is 0 Å². The number of aromatic amines is 1. The third-order valence-electron chi connectivity index (χ3n) is 3.15. The number of methoxy groups -OCH3 is 2. The Morgan fingerprint density at radius 1 is 1.00 bits per heavy atom. The fourth-order valence-electron chi connectivity index (χ4n) is 2.20. The number of rotatable bonds is 3. The molecule has 0 fully saturated rings. The number of hydrogen-bond donors (Lipinski definition) is 1. The van der Waals surface area contributed by atoms with E-state index < -0.39 is 0 Å². The highest BCUT2D eigenvalue weighted by molar-refractivity contribution is 5.60. The monoisotopic (exact) mass is 255 g/mol. The van der Waals surface area contributed by atoms with Gasteiger partial charge in [-0.25, -0.2) is 4.98 Å². The van der Waals surface area contributed by atoms with Crippen LogP contribution in [0.3, 0.4) is 0 Å². The number of benzene rings is 1. The molecule has 4 heteroatoms. The standard InChI is InChI=1S/C15H14N2O2/c1-18-13-7-6-11(9-14(13)19-2)15-16-10-12-5-3-4-8-17(12)15/h3-10H,1-2H3/p+1. The molecule has 2 aromatic heterocycles. The zero-order valence-electron chi connectivity index (χ0n) is 10.9. The van der Waals surface area contributed by atoms with Gasteiger partial charge in [0.15, 0.2) is 17.0 Å². The van der Waals surface area contributed by atoms with Gasteiger partial charge < -0.3 is 9.47 Å². The average Bonchev–Trinajstić information content (AvgIpc) is 2.90. The minimum atomic E-state index is 0.722. The summed E-state index contributed by atoms with van der Waals surface area (Å²) in [6, 6.07) is 12.0. The van der Waals surface area contributed by atoms with Gasteiger partial charge in [0, 0.05) is 0 Å². The van der Waals surface area contributed by atoms with E-state index >= 15 is 0 Å². The highest BCUT2D eigenvalue weighted by Gasteiger charge is 2.15. The first-order valence-electron chi connectivity index (χ1n) is 6.03. The summed E-state index contributed by atoms with van der Waals surface area (Å²) in [6.45, 7) is 0. The van der Waals surface area contributed by atoms with E-state index in [1.165, 1.54) is 0 Å². The predicted molar refractivity (Wildman–Crippen MR) is 72.5 cm³/mol. The van der Waals surface area contributed by atoms with Gasteiger partial charge in [-0.3, -0.25) is 0 Å². The highest BCUT2D eigenvalue weighted by Crippen LogP contribution is 2.30. The van der Waals surface area contributed by atoms with Gasteiger partial charge in [-0.1, -0.05) is 6.07 Å². The topological polar surface area (TPSA) is 38.3 Å². The number of H-pyrrole nitrogens is 1. The molecule has 96 valence electrons. The van der Waals surface area contributed by atoms with E-state index in [2.05, 4.69) is 15.5 Å². The molecule has 1 N–H and O–H groups in total. The molecule has 0 radical (unpaired) electrons. The Balaban J connectivity index is 2.16. The van der Waals surface area contributed by atoms with Crippen LogP contribution < -0.4 is 13.9 Å². The largest absolute Gasteiger partial charge is 0.493 e. The molecule has 1 aromatic carbocycles. The van der Waals surface area contributed by atoms with Crippen LogP contribution in [0.1, 0.15) is 0 Å². The molecule has 4 nitrogen and oxygen atoms in total. The van der Waals surface area contributed by atoms with Crippen LogP contribution in [0.2, 0.25) is 0 Å². The molecule has 3 aromatic rings. The summed E-state index contributed by atoms with van der Waals surface area (Å²) in [5, 5.41) is 0. The Hall–Kier alpha value is -2.49. The Morgan fingerprint density at radius 2 is 1.84 bits per heavy atom. The second-order valence-corrected chi connectivity index (χ2v) is 4.20. The van der Waals surface area contributed by atoms with E-state index in [-0.39, 0.29) is 0 Å².